The van der Waals surface area contributed by atoms with Crippen LogP contribution in [0.5, 0.6) is 0 Å². The van der Waals surface area contributed by atoms with Gasteiger partial charge in [-0.15, -0.1) is 0 Å². The highest BCUT2D eigenvalue weighted by atomic mass is 79.9. The molecule has 3 rings (SSSR count). The van der Waals surface area contributed by atoms with E-state index in [0.29, 0.717) is 23.1 Å². The normalized spacial score (nSPS) is 33.4. The summed E-state index contributed by atoms with van der Waals surface area (Å²) < 4.78 is 13.8. The molecule has 20 heavy (non-hydrogen) atoms. The molecule has 3 N–H and O–H groups in total. The standard InChI is InChI=1S/C15H21BrFN3/c1-20-11-3-4-12(20)8-15(7-11,9-18)19-10-2-5-14(17)13(16)6-10/h2,5-6,11-12,19H,3-4,7-9,18H2,1H3. The van der Waals surface area contributed by atoms with Crippen LogP contribution in [-0.4, -0.2) is 36.1 Å². The Morgan fingerprint density at radius 3 is 2.60 bits per heavy atom. The number of anilines is 1. The lowest BCUT2D eigenvalue weighted by Crippen LogP contribution is -2.57. The van der Waals surface area contributed by atoms with Crippen LogP contribution in [0.1, 0.15) is 25.7 Å². The van der Waals surface area contributed by atoms with Crippen LogP contribution >= 0.6 is 15.9 Å². The van der Waals surface area contributed by atoms with Gasteiger partial charge in [-0.3, -0.25) is 0 Å². The largest absolute Gasteiger partial charge is 0.378 e. The highest BCUT2D eigenvalue weighted by molar-refractivity contribution is 9.10. The Morgan fingerprint density at radius 2 is 2.05 bits per heavy atom. The summed E-state index contributed by atoms with van der Waals surface area (Å²) in [7, 11) is 2.22. The second kappa shape index (κ2) is 5.28. The third-order valence-electron chi connectivity index (χ3n) is 4.96. The van der Waals surface area contributed by atoms with Crippen molar-refractivity contribution in [3.8, 4) is 0 Å². The molecular formula is C15H21BrFN3. The summed E-state index contributed by atoms with van der Waals surface area (Å²) in [5.74, 6) is -0.235. The zero-order chi connectivity index (χ0) is 14.3. The van der Waals surface area contributed by atoms with Gasteiger partial charge in [-0.25, -0.2) is 4.39 Å². The molecule has 5 heteroatoms. The smallest absolute Gasteiger partial charge is 0.137 e. The summed E-state index contributed by atoms with van der Waals surface area (Å²) in [6.45, 7) is 0.614. The van der Waals surface area contributed by atoms with Crippen molar-refractivity contribution in [1.82, 2.24) is 4.90 Å². The molecule has 2 saturated heterocycles. The average molecular weight is 342 g/mol. The third kappa shape index (κ3) is 2.47. The van der Waals surface area contributed by atoms with Crippen molar-refractivity contribution in [2.75, 3.05) is 18.9 Å². The number of nitrogens with one attached hydrogen (secondary N) is 1. The molecule has 1 aromatic rings. The lowest BCUT2D eigenvalue weighted by atomic mass is 9.82. The van der Waals surface area contributed by atoms with E-state index in [2.05, 4.69) is 33.2 Å². The van der Waals surface area contributed by atoms with Crippen molar-refractivity contribution in [1.29, 1.82) is 0 Å². The summed E-state index contributed by atoms with van der Waals surface area (Å²) in [5, 5.41) is 3.59. The molecular weight excluding hydrogens is 321 g/mol. The first-order valence-electron chi connectivity index (χ1n) is 7.18. The number of halogens is 2. The maximum atomic E-state index is 13.3. The fourth-order valence-electron chi connectivity index (χ4n) is 3.77. The summed E-state index contributed by atoms with van der Waals surface area (Å²) in [5.41, 5.74) is 6.96. The SMILES string of the molecule is CN1C2CCC1CC(CN)(Nc1ccc(F)c(Br)c1)C2. The van der Waals surface area contributed by atoms with E-state index in [1.165, 1.54) is 18.9 Å². The van der Waals surface area contributed by atoms with E-state index in [1.54, 1.807) is 12.1 Å². The van der Waals surface area contributed by atoms with Crippen LogP contribution in [0, 0.1) is 5.82 Å². The van der Waals surface area contributed by atoms with Crippen molar-refractivity contribution in [2.24, 2.45) is 5.73 Å². The van der Waals surface area contributed by atoms with Crippen molar-refractivity contribution in [3.05, 3.63) is 28.5 Å². The zero-order valence-electron chi connectivity index (χ0n) is 11.7. The van der Waals surface area contributed by atoms with Crippen molar-refractivity contribution in [2.45, 2.75) is 43.3 Å². The van der Waals surface area contributed by atoms with Gasteiger partial charge >= 0.3 is 0 Å². The summed E-state index contributed by atoms with van der Waals surface area (Å²) in [4.78, 5) is 2.50. The van der Waals surface area contributed by atoms with Crippen LogP contribution in [-0.2, 0) is 0 Å². The summed E-state index contributed by atoms with van der Waals surface area (Å²) in [6, 6.07) is 6.31. The summed E-state index contributed by atoms with van der Waals surface area (Å²) >= 11 is 3.24. The lowest BCUT2D eigenvalue weighted by Gasteiger charge is -2.46. The van der Waals surface area contributed by atoms with Crippen LogP contribution in [0.2, 0.25) is 0 Å². The Hall–Kier alpha value is -0.650. The number of rotatable bonds is 3. The molecule has 0 saturated carbocycles. The minimum Gasteiger partial charge on any atom is -0.378 e. The maximum Gasteiger partial charge on any atom is 0.137 e. The number of hydrogen-bond acceptors (Lipinski definition) is 3. The Bertz CT molecular complexity index is 494. The molecule has 0 amide bonds. The third-order valence-corrected chi connectivity index (χ3v) is 5.57. The molecule has 2 fully saturated rings. The van der Waals surface area contributed by atoms with E-state index >= 15 is 0 Å². The molecule has 110 valence electrons. The second-order valence-electron chi connectivity index (χ2n) is 6.20. The minimum absolute atomic E-state index is 0.0599. The van der Waals surface area contributed by atoms with Crippen LogP contribution < -0.4 is 11.1 Å². The van der Waals surface area contributed by atoms with Crippen molar-refractivity contribution < 1.29 is 4.39 Å². The van der Waals surface area contributed by atoms with Gasteiger partial charge in [0.15, 0.2) is 0 Å². The Morgan fingerprint density at radius 1 is 1.40 bits per heavy atom. The molecule has 2 unspecified atom stereocenters. The van der Waals surface area contributed by atoms with E-state index in [-0.39, 0.29) is 11.4 Å². The predicted molar refractivity (Wildman–Crippen MR) is 83.3 cm³/mol. The van der Waals surface area contributed by atoms with E-state index in [0.717, 1.165) is 18.5 Å². The molecule has 0 radical (unpaired) electrons. The van der Waals surface area contributed by atoms with Crippen LogP contribution in [0.15, 0.2) is 22.7 Å². The zero-order valence-corrected chi connectivity index (χ0v) is 13.3. The van der Waals surface area contributed by atoms with Gasteiger partial charge in [-0.2, -0.15) is 0 Å². The fourth-order valence-corrected chi connectivity index (χ4v) is 4.15. The first-order chi connectivity index (χ1) is 9.53. The van der Waals surface area contributed by atoms with Gasteiger partial charge in [0.05, 0.1) is 10.0 Å². The predicted octanol–water partition coefficient (Wildman–Crippen LogP) is 2.95. The fraction of sp³-hybridized carbons (Fsp3) is 0.600. The van der Waals surface area contributed by atoms with Gasteiger partial charge in [-0.05, 0) is 66.9 Å². The van der Waals surface area contributed by atoms with E-state index in [9.17, 15) is 4.39 Å². The maximum absolute atomic E-state index is 13.3. The topological polar surface area (TPSA) is 41.3 Å². The molecule has 0 aromatic heterocycles. The summed E-state index contributed by atoms with van der Waals surface area (Å²) in [6.07, 6.45) is 4.65. The number of hydrogen-bond donors (Lipinski definition) is 2. The van der Waals surface area contributed by atoms with Crippen LogP contribution in [0.4, 0.5) is 10.1 Å². The van der Waals surface area contributed by atoms with E-state index in [1.807, 2.05) is 0 Å². The number of benzene rings is 1. The molecule has 1 aromatic carbocycles. The molecule has 2 aliphatic heterocycles. The van der Waals surface area contributed by atoms with Gasteiger partial charge in [0.25, 0.3) is 0 Å². The molecule has 0 aliphatic carbocycles. The first-order valence-corrected chi connectivity index (χ1v) is 7.97. The van der Waals surface area contributed by atoms with Gasteiger partial charge in [0, 0.05) is 24.3 Å². The second-order valence-corrected chi connectivity index (χ2v) is 7.05. The van der Waals surface area contributed by atoms with Crippen LogP contribution in [0.25, 0.3) is 0 Å². The Balaban J connectivity index is 1.81. The van der Waals surface area contributed by atoms with Crippen molar-refractivity contribution in [3.63, 3.8) is 0 Å². The monoisotopic (exact) mass is 341 g/mol. The van der Waals surface area contributed by atoms with Gasteiger partial charge in [0.2, 0.25) is 0 Å². The molecule has 0 spiro atoms. The first kappa shape index (κ1) is 14.3. The molecule has 2 aliphatic rings. The van der Waals surface area contributed by atoms with E-state index in [4.69, 9.17) is 5.73 Å². The Labute approximate surface area is 127 Å². The van der Waals surface area contributed by atoms with Crippen LogP contribution in [0.3, 0.4) is 0 Å². The number of piperidine rings is 1. The average Bonchev–Trinajstić information content (AvgIpc) is 2.65. The number of nitrogens with two attached hydrogens (primary N) is 1. The van der Waals surface area contributed by atoms with Gasteiger partial charge in [0.1, 0.15) is 5.82 Å². The highest BCUT2D eigenvalue weighted by Crippen LogP contribution is 2.41. The van der Waals surface area contributed by atoms with Gasteiger partial charge < -0.3 is 16.0 Å². The lowest BCUT2D eigenvalue weighted by molar-refractivity contribution is 0.127. The molecule has 3 nitrogen and oxygen atoms in total. The molecule has 2 bridgehead atoms. The molecule has 2 heterocycles. The van der Waals surface area contributed by atoms with Crippen molar-refractivity contribution >= 4 is 21.6 Å². The van der Waals surface area contributed by atoms with Gasteiger partial charge in [-0.1, -0.05) is 0 Å². The molecule has 2 atom stereocenters. The quantitative estimate of drug-likeness (QED) is 0.887. The highest BCUT2D eigenvalue weighted by Gasteiger charge is 2.46. The number of fused-ring (bicyclic) bond motifs is 2. The Kier molecular flexibility index (Phi) is 3.77. The minimum atomic E-state index is -0.235. The number of nitrogens with zero attached hydrogens (tertiary/aromatic N) is 1. The van der Waals surface area contributed by atoms with E-state index < -0.39 is 0 Å².